The topological polar surface area (TPSA) is 55.1 Å². The minimum atomic E-state index is -0.703. The second kappa shape index (κ2) is 2.33. The molecule has 4 heteroatoms. The fourth-order valence-corrected chi connectivity index (χ4v) is 1.42. The summed E-state index contributed by atoms with van der Waals surface area (Å²) in [5.74, 6) is -0.741. The van der Waals surface area contributed by atoms with Gasteiger partial charge in [0.1, 0.15) is 0 Å². The molecule has 2 atom stereocenters. The van der Waals surface area contributed by atoms with Gasteiger partial charge in [0.05, 0.1) is 17.9 Å². The maximum Gasteiger partial charge on any atom is 0.307 e. The summed E-state index contributed by atoms with van der Waals surface area (Å²) in [6, 6.07) is 0. The Labute approximate surface area is 69.8 Å². The number of rotatable bonds is 2. The first-order valence-electron chi connectivity index (χ1n) is 3.89. The summed E-state index contributed by atoms with van der Waals surface area (Å²) in [6.07, 6.45) is 4.33. The van der Waals surface area contributed by atoms with Crippen LogP contribution < -0.4 is 0 Å². The maximum absolute atomic E-state index is 10.5. The third-order valence-corrected chi connectivity index (χ3v) is 2.21. The standard InChI is InChI=1S/C8H10N2O2/c1-10-3-7(9-4-10)5-2-6(5)8(11)12/h3-6H,2H2,1H3,(H,11,12). The second-order valence-electron chi connectivity index (χ2n) is 3.25. The molecule has 0 bridgehead atoms. The first-order valence-corrected chi connectivity index (χ1v) is 3.89. The highest BCUT2D eigenvalue weighted by Crippen LogP contribution is 2.46. The Balaban J connectivity index is 2.10. The number of hydrogen-bond acceptors (Lipinski definition) is 2. The van der Waals surface area contributed by atoms with Gasteiger partial charge in [-0.05, 0) is 6.42 Å². The zero-order valence-electron chi connectivity index (χ0n) is 6.77. The molecule has 1 aromatic rings. The van der Waals surface area contributed by atoms with E-state index in [2.05, 4.69) is 4.98 Å². The molecule has 1 aliphatic rings. The fraction of sp³-hybridized carbons (Fsp3) is 0.500. The zero-order chi connectivity index (χ0) is 8.72. The first-order chi connectivity index (χ1) is 5.68. The van der Waals surface area contributed by atoms with E-state index in [1.165, 1.54) is 0 Å². The molecule has 1 aromatic heterocycles. The van der Waals surface area contributed by atoms with Gasteiger partial charge < -0.3 is 9.67 Å². The average Bonchev–Trinajstić information content (AvgIpc) is 2.70. The van der Waals surface area contributed by atoms with Crippen molar-refractivity contribution in [1.29, 1.82) is 0 Å². The van der Waals surface area contributed by atoms with Crippen LogP contribution in [0.3, 0.4) is 0 Å². The minimum absolute atomic E-state index is 0.156. The Kier molecular flexibility index (Phi) is 1.43. The number of carbonyl (C=O) groups is 1. The second-order valence-corrected chi connectivity index (χ2v) is 3.25. The van der Waals surface area contributed by atoms with Crippen molar-refractivity contribution in [3.63, 3.8) is 0 Å². The Hall–Kier alpha value is -1.32. The smallest absolute Gasteiger partial charge is 0.307 e. The van der Waals surface area contributed by atoms with Crippen molar-refractivity contribution >= 4 is 5.97 Å². The van der Waals surface area contributed by atoms with Crippen LogP contribution in [0.25, 0.3) is 0 Å². The van der Waals surface area contributed by atoms with Crippen molar-refractivity contribution in [2.24, 2.45) is 13.0 Å². The van der Waals surface area contributed by atoms with E-state index in [0.717, 1.165) is 12.1 Å². The summed E-state index contributed by atoms with van der Waals surface area (Å²) < 4.78 is 1.84. The normalized spacial score (nSPS) is 27.1. The fourth-order valence-electron chi connectivity index (χ4n) is 1.42. The minimum Gasteiger partial charge on any atom is -0.481 e. The monoisotopic (exact) mass is 166 g/mol. The molecule has 0 amide bonds. The molecule has 12 heavy (non-hydrogen) atoms. The van der Waals surface area contributed by atoms with Crippen LogP contribution >= 0.6 is 0 Å². The van der Waals surface area contributed by atoms with Crippen LogP contribution in [0.2, 0.25) is 0 Å². The van der Waals surface area contributed by atoms with E-state index < -0.39 is 5.97 Å². The lowest BCUT2D eigenvalue weighted by Crippen LogP contribution is -1.98. The van der Waals surface area contributed by atoms with E-state index in [4.69, 9.17) is 5.11 Å². The number of carboxylic acids is 1. The van der Waals surface area contributed by atoms with Gasteiger partial charge in [-0.1, -0.05) is 0 Å². The number of hydrogen-bond donors (Lipinski definition) is 1. The lowest BCUT2D eigenvalue weighted by molar-refractivity contribution is -0.138. The summed E-state index contributed by atoms with van der Waals surface area (Å²) in [5, 5.41) is 8.66. The van der Waals surface area contributed by atoms with Gasteiger partial charge in [0.25, 0.3) is 0 Å². The van der Waals surface area contributed by atoms with E-state index in [-0.39, 0.29) is 11.8 Å². The lowest BCUT2D eigenvalue weighted by Gasteiger charge is -1.89. The van der Waals surface area contributed by atoms with Crippen LogP contribution in [0, 0.1) is 5.92 Å². The van der Waals surface area contributed by atoms with Crippen LogP contribution in [0.1, 0.15) is 18.0 Å². The molecule has 0 saturated heterocycles. The van der Waals surface area contributed by atoms with Gasteiger partial charge in [-0.25, -0.2) is 4.98 Å². The summed E-state index contributed by atoms with van der Waals surface area (Å²) in [4.78, 5) is 14.6. The highest BCUT2D eigenvalue weighted by molar-refractivity contribution is 5.74. The first kappa shape index (κ1) is 7.34. The SMILES string of the molecule is Cn1cnc(C2CC2C(=O)O)c1. The molecule has 64 valence electrons. The van der Waals surface area contributed by atoms with E-state index in [0.29, 0.717) is 0 Å². The number of imidazole rings is 1. The Morgan fingerprint density at radius 3 is 3.00 bits per heavy atom. The molecule has 0 radical (unpaired) electrons. The molecule has 1 saturated carbocycles. The van der Waals surface area contributed by atoms with Crippen molar-refractivity contribution < 1.29 is 9.90 Å². The average molecular weight is 166 g/mol. The van der Waals surface area contributed by atoms with Crippen LogP contribution in [0.5, 0.6) is 0 Å². The number of aryl methyl sites for hydroxylation is 1. The molecule has 1 N–H and O–H groups in total. The molecule has 0 spiro atoms. The molecule has 4 nitrogen and oxygen atoms in total. The highest BCUT2D eigenvalue weighted by Gasteiger charge is 2.45. The number of nitrogens with zero attached hydrogens (tertiary/aromatic N) is 2. The molecule has 0 aliphatic heterocycles. The predicted octanol–water partition coefficient (Wildman–Crippen LogP) is 0.608. The maximum atomic E-state index is 10.5. The van der Waals surface area contributed by atoms with E-state index >= 15 is 0 Å². The van der Waals surface area contributed by atoms with Crippen LogP contribution in [-0.2, 0) is 11.8 Å². The van der Waals surface area contributed by atoms with Crippen LogP contribution in [0.15, 0.2) is 12.5 Å². The molecule has 2 unspecified atom stereocenters. The summed E-state index contributed by atoms with van der Waals surface area (Å²) in [5.41, 5.74) is 0.907. The van der Waals surface area contributed by atoms with Crippen molar-refractivity contribution in [2.75, 3.05) is 0 Å². The molecule has 1 aliphatic carbocycles. The summed E-state index contributed by atoms with van der Waals surface area (Å²) in [6.45, 7) is 0. The summed E-state index contributed by atoms with van der Waals surface area (Å²) >= 11 is 0. The molecule has 1 fully saturated rings. The van der Waals surface area contributed by atoms with E-state index in [1.54, 1.807) is 6.33 Å². The highest BCUT2D eigenvalue weighted by atomic mass is 16.4. The summed E-state index contributed by atoms with van der Waals surface area (Å²) in [7, 11) is 1.88. The van der Waals surface area contributed by atoms with Gasteiger partial charge in [0.2, 0.25) is 0 Å². The van der Waals surface area contributed by atoms with E-state index in [1.807, 2.05) is 17.8 Å². The Morgan fingerprint density at radius 1 is 1.83 bits per heavy atom. The number of aromatic nitrogens is 2. The van der Waals surface area contributed by atoms with Crippen molar-refractivity contribution in [2.45, 2.75) is 12.3 Å². The third kappa shape index (κ3) is 1.09. The van der Waals surface area contributed by atoms with Gasteiger partial charge in [0, 0.05) is 19.2 Å². The lowest BCUT2D eigenvalue weighted by atomic mass is 10.2. The Bertz CT molecular complexity index is 319. The number of aliphatic carboxylic acids is 1. The molecule has 1 heterocycles. The van der Waals surface area contributed by atoms with Crippen molar-refractivity contribution in [1.82, 2.24) is 9.55 Å². The predicted molar refractivity (Wildman–Crippen MR) is 41.7 cm³/mol. The van der Waals surface area contributed by atoms with Gasteiger partial charge >= 0.3 is 5.97 Å². The molecule has 2 rings (SSSR count). The van der Waals surface area contributed by atoms with Gasteiger partial charge in [-0.3, -0.25) is 4.79 Å². The van der Waals surface area contributed by atoms with Crippen LogP contribution in [-0.4, -0.2) is 20.6 Å². The molecule has 0 aromatic carbocycles. The molecular formula is C8H10N2O2. The van der Waals surface area contributed by atoms with Gasteiger partial charge in [0.15, 0.2) is 0 Å². The third-order valence-electron chi connectivity index (χ3n) is 2.21. The zero-order valence-corrected chi connectivity index (χ0v) is 6.77. The van der Waals surface area contributed by atoms with Crippen LogP contribution in [0.4, 0.5) is 0 Å². The quantitative estimate of drug-likeness (QED) is 0.700. The largest absolute Gasteiger partial charge is 0.481 e. The Morgan fingerprint density at radius 2 is 2.58 bits per heavy atom. The number of carboxylic acid groups (broad SMARTS) is 1. The van der Waals surface area contributed by atoms with E-state index in [9.17, 15) is 4.79 Å². The van der Waals surface area contributed by atoms with Gasteiger partial charge in [-0.2, -0.15) is 0 Å². The molecular weight excluding hydrogens is 156 g/mol. The van der Waals surface area contributed by atoms with Crippen molar-refractivity contribution in [3.8, 4) is 0 Å². The van der Waals surface area contributed by atoms with Crippen molar-refractivity contribution in [3.05, 3.63) is 18.2 Å². The van der Waals surface area contributed by atoms with Gasteiger partial charge in [-0.15, -0.1) is 0 Å².